The molecule has 2 amide bonds. The van der Waals surface area contributed by atoms with Crippen molar-refractivity contribution in [2.45, 2.75) is 19.4 Å². The van der Waals surface area contributed by atoms with Gasteiger partial charge in [-0.1, -0.05) is 30.3 Å². The van der Waals surface area contributed by atoms with Gasteiger partial charge in [0.25, 0.3) is 0 Å². The average Bonchev–Trinajstić information content (AvgIpc) is 2.63. The lowest BCUT2D eigenvalue weighted by molar-refractivity contribution is -0.118. The van der Waals surface area contributed by atoms with Gasteiger partial charge in [-0.25, -0.2) is 0 Å². The van der Waals surface area contributed by atoms with E-state index >= 15 is 0 Å². The van der Waals surface area contributed by atoms with E-state index in [4.69, 9.17) is 5.73 Å². The van der Waals surface area contributed by atoms with Crippen LogP contribution < -0.4 is 16.5 Å². The van der Waals surface area contributed by atoms with E-state index in [2.05, 4.69) is 10.4 Å². The second-order valence-corrected chi connectivity index (χ2v) is 5.85. The molecular formula is C19H18N4O3. The van der Waals surface area contributed by atoms with Crippen molar-refractivity contribution < 1.29 is 9.59 Å². The Kier molecular flexibility index (Phi) is 5.07. The maximum absolute atomic E-state index is 12.3. The number of aromatic nitrogens is 2. The first-order valence-corrected chi connectivity index (χ1v) is 8.15. The minimum absolute atomic E-state index is 0.0579. The Morgan fingerprint density at radius 2 is 1.81 bits per heavy atom. The molecule has 0 aliphatic carbocycles. The van der Waals surface area contributed by atoms with E-state index in [1.165, 1.54) is 6.20 Å². The topological polar surface area (TPSA) is 107 Å². The van der Waals surface area contributed by atoms with Crippen LogP contribution in [0.4, 0.5) is 5.69 Å². The van der Waals surface area contributed by atoms with E-state index in [9.17, 15) is 14.4 Å². The summed E-state index contributed by atoms with van der Waals surface area (Å²) in [5, 5.41) is 7.47. The van der Waals surface area contributed by atoms with Crippen LogP contribution in [0.5, 0.6) is 0 Å². The fraction of sp³-hybridized carbons (Fsp3) is 0.158. The summed E-state index contributed by atoms with van der Waals surface area (Å²) in [7, 11) is 0. The van der Waals surface area contributed by atoms with Crippen molar-refractivity contribution in [3.8, 4) is 0 Å². The summed E-state index contributed by atoms with van der Waals surface area (Å²) in [4.78, 5) is 35.3. The van der Waals surface area contributed by atoms with Gasteiger partial charge >= 0.3 is 0 Å². The van der Waals surface area contributed by atoms with Gasteiger partial charge in [-0.3, -0.25) is 19.1 Å². The molecule has 0 unspecified atom stereocenters. The number of primary amides is 1. The summed E-state index contributed by atoms with van der Waals surface area (Å²) in [5.41, 5.74) is 7.00. The molecule has 0 atom stereocenters. The SMILES string of the molecule is NC(=O)Cc1ccccc1NC(=O)CCn1ncc(=O)c2ccccc21. The number of fused-ring (bicyclic) bond motifs is 1. The number of nitrogens with two attached hydrogens (primary N) is 1. The predicted molar refractivity (Wildman–Crippen MR) is 98.6 cm³/mol. The van der Waals surface area contributed by atoms with Gasteiger partial charge in [0.2, 0.25) is 17.2 Å². The lowest BCUT2D eigenvalue weighted by Crippen LogP contribution is -2.20. The van der Waals surface area contributed by atoms with Crippen LogP contribution in [-0.4, -0.2) is 21.6 Å². The maximum Gasteiger partial charge on any atom is 0.226 e. The number of anilines is 1. The van der Waals surface area contributed by atoms with Crippen LogP contribution >= 0.6 is 0 Å². The molecule has 132 valence electrons. The molecule has 0 fully saturated rings. The third kappa shape index (κ3) is 3.94. The number of hydrogen-bond donors (Lipinski definition) is 2. The number of benzene rings is 2. The lowest BCUT2D eigenvalue weighted by Gasteiger charge is -2.11. The smallest absolute Gasteiger partial charge is 0.226 e. The van der Waals surface area contributed by atoms with Gasteiger partial charge in [0, 0.05) is 17.5 Å². The molecule has 3 rings (SSSR count). The Balaban J connectivity index is 1.72. The quantitative estimate of drug-likeness (QED) is 0.701. The Hall–Kier alpha value is -3.48. The summed E-state index contributed by atoms with van der Waals surface area (Å²) in [6, 6.07) is 14.2. The van der Waals surface area contributed by atoms with Crippen molar-refractivity contribution in [1.82, 2.24) is 9.78 Å². The molecule has 0 spiro atoms. The molecule has 0 radical (unpaired) electrons. The third-order valence-corrected chi connectivity index (χ3v) is 3.97. The first-order valence-electron chi connectivity index (χ1n) is 8.15. The van der Waals surface area contributed by atoms with Crippen LogP contribution in [0.15, 0.2) is 59.5 Å². The average molecular weight is 350 g/mol. The van der Waals surface area contributed by atoms with E-state index in [1.54, 1.807) is 47.1 Å². The van der Waals surface area contributed by atoms with Gasteiger partial charge in [0.05, 0.1) is 24.7 Å². The molecule has 0 aliphatic heterocycles. The number of carbonyl (C=O) groups is 2. The van der Waals surface area contributed by atoms with Crippen LogP contribution in [0.2, 0.25) is 0 Å². The molecule has 7 heteroatoms. The summed E-state index contributed by atoms with van der Waals surface area (Å²) >= 11 is 0. The highest BCUT2D eigenvalue weighted by Gasteiger charge is 2.10. The van der Waals surface area contributed by atoms with E-state index < -0.39 is 5.91 Å². The van der Waals surface area contributed by atoms with Gasteiger partial charge in [-0.05, 0) is 23.8 Å². The molecule has 1 aromatic heterocycles. The van der Waals surface area contributed by atoms with Crippen molar-refractivity contribution >= 4 is 28.4 Å². The van der Waals surface area contributed by atoms with Gasteiger partial charge in [-0.2, -0.15) is 5.10 Å². The van der Waals surface area contributed by atoms with Gasteiger partial charge in [0.15, 0.2) is 0 Å². The Labute approximate surface area is 149 Å². The zero-order chi connectivity index (χ0) is 18.5. The molecule has 1 heterocycles. The summed E-state index contributed by atoms with van der Waals surface area (Å²) in [6.07, 6.45) is 1.48. The van der Waals surface area contributed by atoms with Crippen molar-refractivity contribution in [2.75, 3.05) is 5.32 Å². The zero-order valence-electron chi connectivity index (χ0n) is 14.0. The normalized spacial score (nSPS) is 10.6. The minimum atomic E-state index is -0.462. The summed E-state index contributed by atoms with van der Waals surface area (Å²) in [6.45, 7) is 0.324. The fourth-order valence-electron chi connectivity index (χ4n) is 2.74. The number of para-hydroxylation sites is 2. The van der Waals surface area contributed by atoms with Crippen LogP contribution in [0, 0.1) is 0 Å². The van der Waals surface area contributed by atoms with E-state index in [-0.39, 0.29) is 24.2 Å². The standard InChI is InChI=1S/C19H18N4O3/c20-18(25)11-13-5-1-3-7-15(13)22-19(26)9-10-23-16-8-4-2-6-14(16)17(24)12-21-23/h1-8,12H,9-11H2,(H2,20,25)(H,22,26). The number of carbonyl (C=O) groups excluding carboxylic acids is 2. The van der Waals surface area contributed by atoms with Crippen molar-refractivity contribution in [1.29, 1.82) is 0 Å². The number of nitrogens with one attached hydrogen (secondary N) is 1. The highest BCUT2D eigenvalue weighted by Crippen LogP contribution is 2.16. The lowest BCUT2D eigenvalue weighted by atomic mass is 10.1. The maximum atomic E-state index is 12.3. The van der Waals surface area contributed by atoms with Crippen molar-refractivity contribution in [3.05, 3.63) is 70.5 Å². The number of hydrogen-bond acceptors (Lipinski definition) is 4. The molecule has 0 saturated carbocycles. The molecule has 0 aliphatic rings. The van der Waals surface area contributed by atoms with E-state index in [0.717, 1.165) is 0 Å². The van der Waals surface area contributed by atoms with E-state index in [0.29, 0.717) is 28.7 Å². The second-order valence-electron chi connectivity index (χ2n) is 5.85. The molecule has 2 aromatic carbocycles. The fourth-order valence-corrected chi connectivity index (χ4v) is 2.74. The van der Waals surface area contributed by atoms with Crippen LogP contribution in [-0.2, 0) is 22.6 Å². The number of rotatable bonds is 6. The molecule has 3 aromatic rings. The highest BCUT2D eigenvalue weighted by molar-refractivity contribution is 5.92. The van der Waals surface area contributed by atoms with Gasteiger partial charge in [0.1, 0.15) is 0 Å². The molecular weight excluding hydrogens is 332 g/mol. The third-order valence-electron chi connectivity index (χ3n) is 3.97. The molecule has 0 bridgehead atoms. The zero-order valence-corrected chi connectivity index (χ0v) is 14.0. The minimum Gasteiger partial charge on any atom is -0.369 e. The number of amides is 2. The van der Waals surface area contributed by atoms with E-state index in [1.807, 2.05) is 6.07 Å². The highest BCUT2D eigenvalue weighted by atomic mass is 16.2. The first kappa shape index (κ1) is 17.3. The first-order chi connectivity index (χ1) is 12.5. The largest absolute Gasteiger partial charge is 0.369 e. The summed E-state index contributed by atoms with van der Waals surface area (Å²) in [5.74, 6) is -0.679. The van der Waals surface area contributed by atoms with Crippen molar-refractivity contribution in [2.24, 2.45) is 5.73 Å². The Morgan fingerprint density at radius 3 is 2.62 bits per heavy atom. The second kappa shape index (κ2) is 7.60. The van der Waals surface area contributed by atoms with Gasteiger partial charge < -0.3 is 11.1 Å². The monoisotopic (exact) mass is 350 g/mol. The molecule has 0 saturated heterocycles. The predicted octanol–water partition coefficient (Wildman–Crippen LogP) is 1.45. The van der Waals surface area contributed by atoms with Crippen LogP contribution in [0.25, 0.3) is 10.9 Å². The molecule has 3 N–H and O–H groups in total. The number of aryl methyl sites for hydroxylation is 1. The van der Waals surface area contributed by atoms with Gasteiger partial charge in [-0.15, -0.1) is 0 Å². The van der Waals surface area contributed by atoms with Crippen LogP contribution in [0.1, 0.15) is 12.0 Å². The number of nitrogens with zero attached hydrogens (tertiary/aromatic N) is 2. The summed E-state index contributed by atoms with van der Waals surface area (Å²) < 4.78 is 1.63. The molecule has 26 heavy (non-hydrogen) atoms. The van der Waals surface area contributed by atoms with Crippen LogP contribution in [0.3, 0.4) is 0 Å². The van der Waals surface area contributed by atoms with Crippen molar-refractivity contribution in [3.63, 3.8) is 0 Å². The Bertz CT molecular complexity index is 1030. The molecule has 7 nitrogen and oxygen atoms in total. The Morgan fingerprint density at radius 1 is 1.08 bits per heavy atom.